The third-order valence-electron chi connectivity index (χ3n) is 3.71. The van der Waals surface area contributed by atoms with Gasteiger partial charge in [0.2, 0.25) is 5.91 Å². The van der Waals surface area contributed by atoms with Crippen LogP contribution in [0.5, 0.6) is 5.75 Å². The van der Waals surface area contributed by atoms with Crippen LogP contribution in [0.1, 0.15) is 22.6 Å². The van der Waals surface area contributed by atoms with Crippen molar-refractivity contribution in [2.24, 2.45) is 0 Å². The zero-order chi connectivity index (χ0) is 16.9. The van der Waals surface area contributed by atoms with Crippen molar-refractivity contribution in [3.63, 3.8) is 0 Å². The maximum absolute atomic E-state index is 12.0. The summed E-state index contributed by atoms with van der Waals surface area (Å²) in [7, 11) is 0. The summed E-state index contributed by atoms with van der Waals surface area (Å²) in [4.78, 5) is 16.5. The molecule has 0 spiro atoms. The fourth-order valence-electron chi connectivity index (χ4n) is 2.37. The van der Waals surface area contributed by atoms with Gasteiger partial charge in [-0.2, -0.15) is 0 Å². The molecule has 5 heteroatoms. The Morgan fingerprint density at radius 1 is 1.21 bits per heavy atom. The lowest BCUT2D eigenvalue weighted by Gasteiger charge is -2.09. The minimum Gasteiger partial charge on any atom is -0.493 e. The van der Waals surface area contributed by atoms with Crippen molar-refractivity contribution in [3.8, 4) is 5.75 Å². The number of nitrogens with zero attached hydrogens (tertiary/aromatic N) is 1. The van der Waals surface area contributed by atoms with E-state index in [0.29, 0.717) is 19.6 Å². The van der Waals surface area contributed by atoms with E-state index in [4.69, 9.17) is 4.74 Å². The van der Waals surface area contributed by atoms with Gasteiger partial charge in [0.15, 0.2) is 0 Å². The Bertz CT molecular complexity index is 824. The maximum Gasteiger partial charge on any atom is 0.223 e. The SMILES string of the molecule is Cc1ccc(C)c(OCCC(=O)NCc2nc3ccccc3s2)c1. The van der Waals surface area contributed by atoms with E-state index in [9.17, 15) is 4.79 Å². The molecule has 0 unspecified atom stereocenters. The van der Waals surface area contributed by atoms with Gasteiger partial charge in [0, 0.05) is 0 Å². The summed E-state index contributed by atoms with van der Waals surface area (Å²) in [6.45, 7) is 4.86. The number of hydrogen-bond donors (Lipinski definition) is 1. The summed E-state index contributed by atoms with van der Waals surface area (Å²) in [6, 6.07) is 14.0. The molecule has 0 saturated heterocycles. The summed E-state index contributed by atoms with van der Waals surface area (Å²) in [5.74, 6) is 0.813. The molecule has 0 bridgehead atoms. The lowest BCUT2D eigenvalue weighted by Crippen LogP contribution is -2.24. The second kappa shape index (κ2) is 7.45. The Morgan fingerprint density at radius 3 is 2.88 bits per heavy atom. The minimum absolute atomic E-state index is 0.0282. The molecular weight excluding hydrogens is 320 g/mol. The van der Waals surface area contributed by atoms with Crippen molar-refractivity contribution in [3.05, 3.63) is 58.6 Å². The molecule has 1 aromatic heterocycles. The van der Waals surface area contributed by atoms with Crippen LogP contribution in [0.15, 0.2) is 42.5 Å². The zero-order valence-corrected chi connectivity index (χ0v) is 14.7. The Balaban J connectivity index is 1.46. The van der Waals surface area contributed by atoms with Crippen LogP contribution in [0.4, 0.5) is 0 Å². The predicted octanol–water partition coefficient (Wildman–Crippen LogP) is 4.00. The number of aryl methyl sites for hydroxylation is 2. The van der Waals surface area contributed by atoms with E-state index in [1.807, 2.05) is 56.3 Å². The van der Waals surface area contributed by atoms with E-state index in [2.05, 4.69) is 10.3 Å². The Labute approximate surface area is 145 Å². The van der Waals surface area contributed by atoms with Crippen LogP contribution < -0.4 is 10.1 Å². The molecule has 3 rings (SSSR count). The van der Waals surface area contributed by atoms with Crippen molar-refractivity contribution in [1.29, 1.82) is 0 Å². The van der Waals surface area contributed by atoms with Crippen LogP contribution in [-0.2, 0) is 11.3 Å². The molecule has 0 atom stereocenters. The molecule has 0 radical (unpaired) electrons. The first kappa shape index (κ1) is 16.5. The average Bonchev–Trinajstić information content (AvgIpc) is 2.99. The first-order valence-electron chi connectivity index (χ1n) is 7.93. The molecule has 0 saturated carbocycles. The molecule has 0 aliphatic carbocycles. The van der Waals surface area contributed by atoms with Crippen molar-refractivity contribution in [2.75, 3.05) is 6.61 Å². The van der Waals surface area contributed by atoms with Gasteiger partial charge < -0.3 is 10.1 Å². The normalized spacial score (nSPS) is 10.8. The smallest absolute Gasteiger partial charge is 0.223 e. The van der Waals surface area contributed by atoms with E-state index in [0.717, 1.165) is 32.1 Å². The average molecular weight is 340 g/mol. The number of aromatic nitrogens is 1. The largest absolute Gasteiger partial charge is 0.493 e. The van der Waals surface area contributed by atoms with Gasteiger partial charge >= 0.3 is 0 Å². The maximum atomic E-state index is 12.0. The molecule has 0 aliphatic rings. The number of nitrogens with one attached hydrogen (secondary N) is 1. The molecule has 0 fully saturated rings. The number of ether oxygens (including phenoxy) is 1. The lowest BCUT2D eigenvalue weighted by atomic mass is 10.1. The summed E-state index contributed by atoms with van der Waals surface area (Å²) in [5.41, 5.74) is 3.20. The molecule has 124 valence electrons. The number of rotatable bonds is 6. The highest BCUT2D eigenvalue weighted by Crippen LogP contribution is 2.21. The predicted molar refractivity (Wildman–Crippen MR) is 97.5 cm³/mol. The van der Waals surface area contributed by atoms with Crippen LogP contribution in [-0.4, -0.2) is 17.5 Å². The van der Waals surface area contributed by atoms with Crippen LogP contribution in [0, 0.1) is 13.8 Å². The fraction of sp³-hybridized carbons (Fsp3) is 0.263. The molecule has 1 amide bonds. The fourth-order valence-corrected chi connectivity index (χ4v) is 3.28. The highest BCUT2D eigenvalue weighted by Gasteiger charge is 2.07. The molecule has 24 heavy (non-hydrogen) atoms. The van der Waals surface area contributed by atoms with Crippen LogP contribution in [0.25, 0.3) is 10.2 Å². The van der Waals surface area contributed by atoms with Gasteiger partial charge in [0.1, 0.15) is 10.8 Å². The molecule has 1 heterocycles. The van der Waals surface area contributed by atoms with E-state index < -0.39 is 0 Å². The molecule has 1 N–H and O–H groups in total. The van der Waals surface area contributed by atoms with Gasteiger partial charge in [-0.1, -0.05) is 24.3 Å². The van der Waals surface area contributed by atoms with Crippen molar-refractivity contribution in [2.45, 2.75) is 26.8 Å². The van der Waals surface area contributed by atoms with Gasteiger partial charge in [-0.05, 0) is 43.2 Å². The van der Waals surface area contributed by atoms with Gasteiger partial charge in [0.05, 0.1) is 29.8 Å². The summed E-state index contributed by atoms with van der Waals surface area (Å²) >= 11 is 1.61. The minimum atomic E-state index is -0.0282. The first-order chi connectivity index (χ1) is 11.6. The second-order valence-electron chi connectivity index (χ2n) is 5.72. The monoisotopic (exact) mass is 340 g/mol. The quantitative estimate of drug-likeness (QED) is 0.738. The highest BCUT2D eigenvalue weighted by atomic mass is 32.1. The number of thiazole rings is 1. The summed E-state index contributed by atoms with van der Waals surface area (Å²) < 4.78 is 6.85. The topological polar surface area (TPSA) is 51.2 Å². The molecule has 3 aromatic rings. The molecule has 4 nitrogen and oxygen atoms in total. The standard InChI is InChI=1S/C19H20N2O2S/c1-13-7-8-14(2)16(11-13)23-10-9-18(22)20-12-19-21-15-5-3-4-6-17(15)24-19/h3-8,11H,9-10,12H2,1-2H3,(H,20,22). The van der Waals surface area contributed by atoms with E-state index >= 15 is 0 Å². The Kier molecular flexibility index (Phi) is 5.11. The Hall–Kier alpha value is -2.40. The highest BCUT2D eigenvalue weighted by molar-refractivity contribution is 7.18. The molecule has 2 aromatic carbocycles. The second-order valence-corrected chi connectivity index (χ2v) is 6.83. The van der Waals surface area contributed by atoms with Crippen LogP contribution in [0.2, 0.25) is 0 Å². The van der Waals surface area contributed by atoms with Crippen LogP contribution in [0.3, 0.4) is 0 Å². The van der Waals surface area contributed by atoms with Crippen molar-refractivity contribution >= 4 is 27.5 Å². The van der Waals surface area contributed by atoms with Crippen molar-refractivity contribution in [1.82, 2.24) is 10.3 Å². The zero-order valence-electron chi connectivity index (χ0n) is 13.8. The van der Waals surface area contributed by atoms with Gasteiger partial charge in [0.25, 0.3) is 0 Å². The summed E-state index contributed by atoms with van der Waals surface area (Å²) in [6.07, 6.45) is 0.332. The third-order valence-corrected chi connectivity index (χ3v) is 4.74. The van der Waals surface area contributed by atoms with Gasteiger partial charge in [-0.25, -0.2) is 4.98 Å². The van der Waals surface area contributed by atoms with E-state index in [-0.39, 0.29) is 5.91 Å². The third kappa shape index (κ3) is 4.11. The number of hydrogen-bond acceptors (Lipinski definition) is 4. The van der Waals surface area contributed by atoms with Crippen LogP contribution >= 0.6 is 11.3 Å². The van der Waals surface area contributed by atoms with E-state index in [1.165, 1.54) is 0 Å². The number of benzene rings is 2. The number of carbonyl (C=O) groups is 1. The number of carbonyl (C=O) groups excluding carboxylic acids is 1. The Morgan fingerprint density at radius 2 is 2.04 bits per heavy atom. The molecule has 0 aliphatic heterocycles. The summed E-state index contributed by atoms with van der Waals surface area (Å²) in [5, 5.41) is 3.82. The van der Waals surface area contributed by atoms with Gasteiger partial charge in [-0.15, -0.1) is 11.3 Å². The number of para-hydroxylation sites is 1. The van der Waals surface area contributed by atoms with Gasteiger partial charge in [-0.3, -0.25) is 4.79 Å². The lowest BCUT2D eigenvalue weighted by molar-refractivity contribution is -0.121. The number of fused-ring (bicyclic) bond motifs is 1. The van der Waals surface area contributed by atoms with Crippen molar-refractivity contribution < 1.29 is 9.53 Å². The molecular formula is C19H20N2O2S. The first-order valence-corrected chi connectivity index (χ1v) is 8.74. The number of amides is 1. The van der Waals surface area contributed by atoms with E-state index in [1.54, 1.807) is 11.3 Å².